The van der Waals surface area contributed by atoms with Crippen molar-refractivity contribution < 1.29 is 4.21 Å². The zero-order valence-corrected chi connectivity index (χ0v) is 19.7. The lowest BCUT2D eigenvalue weighted by Gasteiger charge is -2.25. The number of rotatable bonds is 6. The number of hydrogen-bond donors (Lipinski definition) is 2. The van der Waals surface area contributed by atoms with Crippen molar-refractivity contribution in [1.82, 2.24) is 25.4 Å². The molecule has 7 nitrogen and oxygen atoms in total. The van der Waals surface area contributed by atoms with Crippen LogP contribution in [0.15, 0.2) is 4.99 Å². The highest BCUT2D eigenvalue weighted by atomic mass is 127. The summed E-state index contributed by atoms with van der Waals surface area (Å²) in [5.41, 5.74) is 0. The molecule has 0 saturated heterocycles. The van der Waals surface area contributed by atoms with E-state index in [-0.39, 0.29) is 34.8 Å². The molecule has 2 N–H and O–H groups in total. The van der Waals surface area contributed by atoms with Crippen LogP contribution >= 0.6 is 24.0 Å². The number of nitrogens with zero attached hydrogens (tertiary/aromatic N) is 4. The third kappa shape index (κ3) is 6.79. The maximum absolute atomic E-state index is 12.1. The second-order valence-corrected chi connectivity index (χ2v) is 9.61. The number of hydrogen-bond acceptors (Lipinski definition) is 4. The van der Waals surface area contributed by atoms with E-state index in [0.29, 0.717) is 12.3 Å². The van der Waals surface area contributed by atoms with Gasteiger partial charge >= 0.3 is 0 Å². The SMILES string of the molecule is CCNC(=NCCS(=O)C(C)(C)C)NC1CCc2nc(CC)nn2C1.I. The summed E-state index contributed by atoms with van der Waals surface area (Å²) in [5.74, 6) is 3.37. The van der Waals surface area contributed by atoms with Gasteiger partial charge in [0, 0.05) is 46.7 Å². The summed E-state index contributed by atoms with van der Waals surface area (Å²) in [7, 11) is -0.878. The van der Waals surface area contributed by atoms with Crippen LogP contribution in [0.3, 0.4) is 0 Å². The molecule has 150 valence electrons. The number of halogens is 1. The smallest absolute Gasteiger partial charge is 0.191 e. The van der Waals surface area contributed by atoms with Crippen LogP contribution in [0.4, 0.5) is 0 Å². The van der Waals surface area contributed by atoms with E-state index in [2.05, 4.69) is 39.6 Å². The monoisotopic (exact) mass is 496 g/mol. The molecule has 0 spiro atoms. The third-order valence-corrected chi connectivity index (χ3v) is 6.05. The molecule has 2 heterocycles. The Morgan fingerprint density at radius 1 is 1.38 bits per heavy atom. The van der Waals surface area contributed by atoms with Crippen LogP contribution in [-0.2, 0) is 30.2 Å². The first-order valence-electron chi connectivity index (χ1n) is 9.19. The maximum atomic E-state index is 12.1. The topological polar surface area (TPSA) is 84.2 Å². The molecule has 26 heavy (non-hydrogen) atoms. The van der Waals surface area contributed by atoms with Gasteiger partial charge in [0.25, 0.3) is 0 Å². The van der Waals surface area contributed by atoms with Gasteiger partial charge in [0.15, 0.2) is 11.8 Å². The largest absolute Gasteiger partial charge is 0.357 e. The van der Waals surface area contributed by atoms with Gasteiger partial charge in [-0.1, -0.05) is 6.92 Å². The van der Waals surface area contributed by atoms with Gasteiger partial charge in [0.2, 0.25) is 0 Å². The second-order valence-electron chi connectivity index (χ2n) is 7.28. The van der Waals surface area contributed by atoms with Crippen LogP contribution in [0.1, 0.15) is 52.7 Å². The predicted molar refractivity (Wildman–Crippen MR) is 119 cm³/mol. The summed E-state index contributed by atoms with van der Waals surface area (Å²) in [5, 5.41) is 11.3. The van der Waals surface area contributed by atoms with Gasteiger partial charge in [-0.05, 0) is 34.1 Å². The van der Waals surface area contributed by atoms with E-state index in [1.165, 1.54) is 0 Å². The highest BCUT2D eigenvalue weighted by molar-refractivity contribution is 14.0. The Kier molecular flexibility index (Phi) is 9.49. The zero-order chi connectivity index (χ0) is 18.4. The average molecular weight is 496 g/mol. The van der Waals surface area contributed by atoms with Crippen molar-refractivity contribution in [3.63, 3.8) is 0 Å². The molecule has 2 unspecified atom stereocenters. The summed E-state index contributed by atoms with van der Waals surface area (Å²) < 4.78 is 14.0. The number of guanidine groups is 1. The van der Waals surface area contributed by atoms with Gasteiger partial charge in [-0.15, -0.1) is 24.0 Å². The third-order valence-electron chi connectivity index (χ3n) is 4.13. The van der Waals surface area contributed by atoms with Crippen LogP contribution in [0.25, 0.3) is 0 Å². The predicted octanol–water partition coefficient (Wildman–Crippen LogP) is 1.88. The molecule has 0 amide bonds. The molecule has 0 radical (unpaired) electrons. The second kappa shape index (κ2) is 10.6. The summed E-state index contributed by atoms with van der Waals surface area (Å²) in [6.07, 6.45) is 2.81. The minimum atomic E-state index is -0.878. The van der Waals surface area contributed by atoms with Gasteiger partial charge in [-0.25, -0.2) is 9.67 Å². The molecule has 2 rings (SSSR count). The van der Waals surface area contributed by atoms with Crippen LogP contribution in [0.5, 0.6) is 0 Å². The normalized spacial score (nSPS) is 18.7. The first kappa shape index (κ1) is 23.3. The summed E-state index contributed by atoms with van der Waals surface area (Å²) in [6, 6.07) is 0.282. The molecule has 0 saturated carbocycles. The van der Waals surface area contributed by atoms with Crippen LogP contribution < -0.4 is 10.6 Å². The lowest BCUT2D eigenvalue weighted by atomic mass is 10.1. The first-order chi connectivity index (χ1) is 11.8. The zero-order valence-electron chi connectivity index (χ0n) is 16.5. The van der Waals surface area contributed by atoms with Crippen LogP contribution in [-0.4, -0.2) is 54.6 Å². The Morgan fingerprint density at radius 2 is 2.12 bits per heavy atom. The number of nitrogens with one attached hydrogen (secondary N) is 2. The number of aromatic nitrogens is 3. The van der Waals surface area contributed by atoms with Crippen molar-refractivity contribution in [2.45, 2.75) is 71.2 Å². The fourth-order valence-corrected chi connectivity index (χ4v) is 3.56. The standard InChI is InChI=1S/C17H32N6OS.HI/c1-6-14-21-15-9-8-13(12-23(15)22-14)20-16(18-7-2)19-10-11-25(24)17(3,4)5;/h13H,6-12H2,1-5H3,(H2,18,19,20);1H. The fourth-order valence-electron chi connectivity index (χ4n) is 2.69. The van der Waals surface area contributed by atoms with Crippen LogP contribution in [0.2, 0.25) is 0 Å². The van der Waals surface area contributed by atoms with Crippen LogP contribution in [0, 0.1) is 0 Å². The maximum Gasteiger partial charge on any atom is 0.191 e. The Hall–Kier alpha value is -0.710. The van der Waals surface area contributed by atoms with E-state index >= 15 is 0 Å². The van der Waals surface area contributed by atoms with Gasteiger partial charge in [-0.2, -0.15) is 5.10 Å². The molecule has 0 aliphatic carbocycles. The van der Waals surface area contributed by atoms with E-state index in [0.717, 1.165) is 50.0 Å². The summed E-state index contributed by atoms with van der Waals surface area (Å²) in [6.45, 7) is 12.3. The molecule has 2 atom stereocenters. The molecular weight excluding hydrogens is 463 g/mol. The molecule has 1 aliphatic heterocycles. The van der Waals surface area contributed by atoms with Crippen molar-refractivity contribution in [3.8, 4) is 0 Å². The van der Waals surface area contributed by atoms with E-state index in [9.17, 15) is 4.21 Å². The Bertz CT molecular complexity index is 625. The van der Waals surface area contributed by atoms with Crippen molar-refractivity contribution in [3.05, 3.63) is 11.6 Å². The van der Waals surface area contributed by atoms with E-state index in [1.807, 2.05) is 25.5 Å². The number of aliphatic imine (C=N–C) groups is 1. The summed E-state index contributed by atoms with van der Waals surface area (Å²) in [4.78, 5) is 9.15. The van der Waals surface area contributed by atoms with Crippen molar-refractivity contribution in [2.24, 2.45) is 4.99 Å². The lowest BCUT2D eigenvalue weighted by Crippen LogP contribution is -2.47. The molecule has 1 aliphatic rings. The molecule has 0 fully saturated rings. The molecule has 0 bridgehead atoms. The van der Waals surface area contributed by atoms with Gasteiger partial charge in [-0.3, -0.25) is 9.20 Å². The fraction of sp³-hybridized carbons (Fsp3) is 0.824. The minimum absolute atomic E-state index is 0. The minimum Gasteiger partial charge on any atom is -0.357 e. The molecule has 0 aromatic carbocycles. The number of fused-ring (bicyclic) bond motifs is 1. The molecule has 1 aromatic rings. The van der Waals surface area contributed by atoms with Crippen molar-refractivity contribution >= 4 is 40.7 Å². The quantitative estimate of drug-likeness (QED) is 0.357. The summed E-state index contributed by atoms with van der Waals surface area (Å²) >= 11 is 0. The van der Waals surface area contributed by atoms with Gasteiger partial charge < -0.3 is 10.6 Å². The van der Waals surface area contributed by atoms with Crippen molar-refractivity contribution in [2.75, 3.05) is 18.8 Å². The van der Waals surface area contributed by atoms with E-state index < -0.39 is 10.8 Å². The highest BCUT2D eigenvalue weighted by Gasteiger charge is 2.22. The number of aryl methyl sites for hydroxylation is 2. The average Bonchev–Trinajstić information content (AvgIpc) is 2.96. The van der Waals surface area contributed by atoms with E-state index in [1.54, 1.807) is 0 Å². The first-order valence-corrected chi connectivity index (χ1v) is 10.5. The van der Waals surface area contributed by atoms with Gasteiger partial charge in [0.05, 0.1) is 13.1 Å². The molecule has 1 aromatic heterocycles. The lowest BCUT2D eigenvalue weighted by molar-refractivity contribution is 0.392. The van der Waals surface area contributed by atoms with Crippen molar-refractivity contribution in [1.29, 1.82) is 0 Å². The Labute approximate surface area is 176 Å². The molecule has 9 heteroatoms. The molecular formula is C17H33IN6OS. The van der Waals surface area contributed by atoms with E-state index in [4.69, 9.17) is 0 Å². The highest BCUT2D eigenvalue weighted by Crippen LogP contribution is 2.13. The Balaban J connectivity index is 0.00000338. The van der Waals surface area contributed by atoms with Gasteiger partial charge in [0.1, 0.15) is 5.82 Å². The Morgan fingerprint density at radius 3 is 2.73 bits per heavy atom.